The Bertz CT molecular complexity index is 568. The fraction of sp³-hybridized carbons (Fsp3) is 0.308. The predicted octanol–water partition coefficient (Wildman–Crippen LogP) is 3.07. The Morgan fingerprint density at radius 3 is 3.11 bits per heavy atom. The van der Waals surface area contributed by atoms with Gasteiger partial charge < -0.3 is 9.30 Å². The molecule has 0 bridgehead atoms. The first-order valence-electron chi connectivity index (χ1n) is 5.59. The summed E-state index contributed by atoms with van der Waals surface area (Å²) in [6, 6.07) is 7.25. The van der Waals surface area contributed by atoms with E-state index in [2.05, 4.69) is 37.6 Å². The van der Waals surface area contributed by atoms with Crippen LogP contribution in [0.1, 0.15) is 12.0 Å². The van der Waals surface area contributed by atoms with Gasteiger partial charge in [-0.15, -0.1) is 29.3 Å². The van der Waals surface area contributed by atoms with Gasteiger partial charge in [0.2, 0.25) is 0 Å². The molecule has 0 spiro atoms. The number of aryl methyl sites for hydroxylation is 2. The first-order chi connectivity index (χ1) is 8.28. The number of imidazole rings is 1. The van der Waals surface area contributed by atoms with Crippen molar-refractivity contribution in [3.8, 4) is 17.1 Å². The molecule has 18 heavy (non-hydrogen) atoms. The van der Waals surface area contributed by atoms with Crippen LogP contribution in [0, 0.1) is 6.07 Å². The zero-order valence-corrected chi connectivity index (χ0v) is 13.8. The van der Waals surface area contributed by atoms with Gasteiger partial charge in [0.25, 0.3) is 0 Å². The van der Waals surface area contributed by atoms with Crippen molar-refractivity contribution in [2.75, 3.05) is 7.11 Å². The maximum absolute atomic E-state index is 5.25. The van der Waals surface area contributed by atoms with Crippen LogP contribution in [0.25, 0.3) is 11.4 Å². The molecule has 0 aliphatic carbocycles. The molecule has 5 heteroatoms. The smallest absolute Gasteiger partial charge is 0.112 e. The average Bonchev–Trinajstić information content (AvgIpc) is 2.62. The molecule has 1 aliphatic rings. The fourth-order valence-corrected chi connectivity index (χ4v) is 2.65. The number of aromatic nitrogens is 2. The zero-order valence-electron chi connectivity index (χ0n) is 9.87. The van der Waals surface area contributed by atoms with E-state index in [0.29, 0.717) is 0 Å². The van der Waals surface area contributed by atoms with Gasteiger partial charge in [-0.2, -0.15) is 0 Å². The third-order valence-electron chi connectivity index (χ3n) is 3.05. The average molecular weight is 484 g/mol. The van der Waals surface area contributed by atoms with Gasteiger partial charge in [-0.1, -0.05) is 6.42 Å². The first-order valence-corrected chi connectivity index (χ1v) is 6.39. The van der Waals surface area contributed by atoms with Crippen LogP contribution in [0.2, 0.25) is 0 Å². The molecule has 1 aromatic heterocycles. The van der Waals surface area contributed by atoms with Crippen molar-refractivity contribution in [1.82, 2.24) is 9.55 Å². The molecular weight excluding hydrogens is 472 g/mol. The summed E-state index contributed by atoms with van der Waals surface area (Å²) in [5.74, 6) is 1.86. The third-order valence-corrected chi connectivity index (χ3v) is 3.43. The molecule has 0 amide bonds. The molecule has 0 unspecified atom stereocenters. The second kappa shape index (κ2) is 5.55. The summed E-state index contributed by atoms with van der Waals surface area (Å²) >= 11 is 3.43. The van der Waals surface area contributed by atoms with Crippen LogP contribution in [0.4, 0.5) is 0 Å². The second-order valence-electron chi connectivity index (χ2n) is 4.12. The Hall–Kier alpha value is -0.641. The Morgan fingerprint density at radius 1 is 1.50 bits per heavy atom. The van der Waals surface area contributed by atoms with Gasteiger partial charge in [-0.3, -0.25) is 4.98 Å². The molecule has 2 heterocycles. The number of hydrogen-bond donors (Lipinski definition) is 0. The summed E-state index contributed by atoms with van der Waals surface area (Å²) in [5.41, 5.74) is 2.36. The second-order valence-corrected chi connectivity index (χ2v) is 4.94. The monoisotopic (exact) mass is 484 g/mol. The van der Waals surface area contributed by atoms with E-state index in [0.717, 1.165) is 41.1 Å². The van der Waals surface area contributed by atoms with E-state index in [1.807, 2.05) is 12.3 Å². The number of fused-ring (bicyclic) bond motifs is 3. The molecule has 3 nitrogen and oxygen atoms in total. The van der Waals surface area contributed by atoms with Crippen molar-refractivity contribution in [3.05, 3.63) is 34.6 Å². The third kappa shape index (κ3) is 2.40. The van der Waals surface area contributed by atoms with Crippen LogP contribution in [0.5, 0.6) is 5.75 Å². The zero-order chi connectivity index (χ0) is 11.8. The van der Waals surface area contributed by atoms with Gasteiger partial charge in [0, 0.05) is 38.6 Å². The molecular formula is C13H12BrIrN2O-. The first kappa shape index (κ1) is 13.8. The summed E-state index contributed by atoms with van der Waals surface area (Å²) in [5, 5.41) is 0. The van der Waals surface area contributed by atoms with Gasteiger partial charge in [-0.05, 0) is 22.4 Å². The van der Waals surface area contributed by atoms with Crippen LogP contribution in [0.3, 0.4) is 0 Å². The molecule has 0 saturated heterocycles. The van der Waals surface area contributed by atoms with Crippen LogP contribution >= 0.6 is 15.9 Å². The minimum Gasteiger partial charge on any atom is -0.540 e. The maximum atomic E-state index is 5.25. The summed E-state index contributed by atoms with van der Waals surface area (Å²) in [4.78, 5) is 4.52. The van der Waals surface area contributed by atoms with Gasteiger partial charge in [0.15, 0.2) is 0 Å². The van der Waals surface area contributed by atoms with Gasteiger partial charge in [-0.25, -0.2) is 0 Å². The van der Waals surface area contributed by atoms with Crippen molar-refractivity contribution in [3.63, 3.8) is 0 Å². The van der Waals surface area contributed by atoms with E-state index >= 15 is 0 Å². The molecule has 0 saturated carbocycles. The summed E-state index contributed by atoms with van der Waals surface area (Å²) in [6.07, 6.45) is 4.19. The minimum absolute atomic E-state index is 0. The van der Waals surface area contributed by atoms with Gasteiger partial charge in [0.05, 0.1) is 12.9 Å². The molecule has 97 valence electrons. The Balaban J connectivity index is 0.00000120. The van der Waals surface area contributed by atoms with E-state index in [1.165, 1.54) is 5.56 Å². The quantitative estimate of drug-likeness (QED) is 0.582. The summed E-state index contributed by atoms with van der Waals surface area (Å²) in [7, 11) is 1.68. The molecule has 0 N–H and O–H groups in total. The number of halogens is 1. The Labute approximate surface area is 128 Å². The predicted molar refractivity (Wildman–Crippen MR) is 69.1 cm³/mol. The molecule has 3 rings (SSSR count). The summed E-state index contributed by atoms with van der Waals surface area (Å²) < 4.78 is 8.31. The molecule has 0 fully saturated rings. The van der Waals surface area contributed by atoms with Gasteiger partial charge >= 0.3 is 0 Å². The minimum atomic E-state index is 0. The van der Waals surface area contributed by atoms with Gasteiger partial charge in [0.1, 0.15) is 4.60 Å². The molecule has 1 aromatic carbocycles. The molecule has 1 radical (unpaired) electrons. The van der Waals surface area contributed by atoms with Crippen LogP contribution in [-0.2, 0) is 33.1 Å². The Morgan fingerprint density at radius 2 is 2.33 bits per heavy atom. The van der Waals surface area contributed by atoms with E-state index in [9.17, 15) is 0 Å². The summed E-state index contributed by atoms with van der Waals surface area (Å²) in [6.45, 7) is 0.999. The number of hydrogen-bond acceptors (Lipinski definition) is 2. The van der Waals surface area contributed by atoms with E-state index < -0.39 is 0 Å². The van der Waals surface area contributed by atoms with E-state index in [1.54, 1.807) is 7.11 Å². The number of benzene rings is 1. The van der Waals surface area contributed by atoms with E-state index in [-0.39, 0.29) is 20.1 Å². The largest absolute Gasteiger partial charge is 0.540 e. The van der Waals surface area contributed by atoms with Crippen molar-refractivity contribution < 1.29 is 24.8 Å². The van der Waals surface area contributed by atoms with Crippen molar-refractivity contribution in [1.29, 1.82) is 0 Å². The maximum Gasteiger partial charge on any atom is 0.112 e. The number of nitrogens with zero attached hydrogens (tertiary/aromatic N) is 2. The Kier molecular flexibility index (Phi) is 4.25. The number of ether oxygens (including phenoxy) is 1. The van der Waals surface area contributed by atoms with Crippen molar-refractivity contribution in [2.24, 2.45) is 0 Å². The molecule has 0 atom stereocenters. The number of methoxy groups -OCH3 is 1. The van der Waals surface area contributed by atoms with Crippen LogP contribution in [-0.4, -0.2) is 16.7 Å². The molecule has 1 aliphatic heterocycles. The van der Waals surface area contributed by atoms with Crippen molar-refractivity contribution >= 4 is 15.9 Å². The standard InChI is InChI=1S/C13H12BrN2O.Ir/c1-17-10-4-5-11-9(7-10)3-2-6-16-8-12(14)15-13(11)16;/h4,7-8H,2-3,6H2,1H3;/q-1;. The van der Waals surface area contributed by atoms with E-state index in [4.69, 9.17) is 4.74 Å². The fourth-order valence-electron chi connectivity index (χ4n) is 2.24. The van der Waals surface area contributed by atoms with Crippen molar-refractivity contribution in [2.45, 2.75) is 19.4 Å². The SMILES string of the molecule is COc1c[c-]c2c(c1)CCCn1cc(Br)nc1-2.[Ir]. The topological polar surface area (TPSA) is 27.1 Å². The molecule has 2 aromatic rings. The van der Waals surface area contributed by atoms with Crippen LogP contribution in [0.15, 0.2) is 22.9 Å². The van der Waals surface area contributed by atoms with Crippen LogP contribution < -0.4 is 4.74 Å². The normalized spacial score (nSPS) is 13.0. The number of rotatable bonds is 1.